The van der Waals surface area contributed by atoms with Crippen molar-refractivity contribution in [3.8, 4) is 17.1 Å². The van der Waals surface area contributed by atoms with Gasteiger partial charge in [-0.1, -0.05) is 19.1 Å². The van der Waals surface area contributed by atoms with Crippen molar-refractivity contribution < 1.29 is 4.39 Å². The summed E-state index contributed by atoms with van der Waals surface area (Å²) in [5.41, 5.74) is 8.42. The summed E-state index contributed by atoms with van der Waals surface area (Å²) in [5, 5.41) is 11.7. The minimum absolute atomic E-state index is 0.0726. The van der Waals surface area contributed by atoms with Crippen molar-refractivity contribution in [1.29, 1.82) is 0 Å². The fraction of sp³-hybridized carbons (Fsp3) is 0.133. The second-order valence-electron chi connectivity index (χ2n) is 4.67. The molecular weight excluding hydrogens is 269 g/mol. The smallest absolute Gasteiger partial charge is 0.187 e. The molecule has 1 aromatic heterocycles. The minimum Gasteiger partial charge on any atom is -0.396 e. The van der Waals surface area contributed by atoms with E-state index in [1.54, 1.807) is 10.7 Å². The summed E-state index contributed by atoms with van der Waals surface area (Å²) in [6.07, 6.45) is 0.969. The molecule has 0 bridgehead atoms. The van der Waals surface area contributed by atoms with E-state index in [1.807, 2.05) is 24.3 Å². The van der Waals surface area contributed by atoms with Gasteiger partial charge in [0.15, 0.2) is 5.82 Å². The second-order valence-corrected chi connectivity index (χ2v) is 4.67. The zero-order chi connectivity index (χ0) is 14.8. The molecule has 5 nitrogen and oxygen atoms in total. The van der Waals surface area contributed by atoms with E-state index < -0.39 is 5.82 Å². The SMILES string of the molecule is CCc1ccc(-n2nnnc2-c2ccc(F)c(N)c2)cc1. The van der Waals surface area contributed by atoms with E-state index in [1.165, 1.54) is 17.7 Å². The lowest BCUT2D eigenvalue weighted by molar-refractivity contribution is 0.632. The Balaban J connectivity index is 2.05. The molecule has 0 fully saturated rings. The Bertz CT molecular complexity index is 764. The van der Waals surface area contributed by atoms with Gasteiger partial charge in [0.2, 0.25) is 0 Å². The molecule has 0 saturated heterocycles. The summed E-state index contributed by atoms with van der Waals surface area (Å²) >= 11 is 0. The Morgan fingerprint density at radius 1 is 1.14 bits per heavy atom. The van der Waals surface area contributed by atoms with Gasteiger partial charge in [-0.05, 0) is 52.7 Å². The topological polar surface area (TPSA) is 69.6 Å². The summed E-state index contributed by atoms with van der Waals surface area (Å²) < 4.78 is 14.9. The van der Waals surface area contributed by atoms with Gasteiger partial charge in [-0.25, -0.2) is 4.39 Å². The number of benzene rings is 2. The summed E-state index contributed by atoms with van der Waals surface area (Å²) in [6, 6.07) is 12.4. The Morgan fingerprint density at radius 2 is 1.90 bits per heavy atom. The first-order valence-electron chi connectivity index (χ1n) is 6.62. The number of halogens is 1. The summed E-state index contributed by atoms with van der Waals surface area (Å²) in [5.74, 6) is 0.0658. The zero-order valence-corrected chi connectivity index (χ0v) is 11.5. The van der Waals surface area contributed by atoms with E-state index in [0.29, 0.717) is 11.4 Å². The number of hydrogen-bond donors (Lipinski definition) is 1. The molecule has 6 heteroatoms. The van der Waals surface area contributed by atoms with Gasteiger partial charge in [0.05, 0.1) is 11.4 Å². The van der Waals surface area contributed by atoms with Crippen LogP contribution in [-0.4, -0.2) is 20.2 Å². The van der Waals surface area contributed by atoms with Crippen LogP contribution in [0.5, 0.6) is 0 Å². The number of aromatic nitrogens is 4. The molecule has 0 aliphatic heterocycles. The molecule has 0 amide bonds. The molecule has 0 saturated carbocycles. The number of aryl methyl sites for hydroxylation is 1. The lowest BCUT2D eigenvalue weighted by Gasteiger charge is -2.06. The summed E-state index contributed by atoms with van der Waals surface area (Å²) in [6.45, 7) is 2.10. The van der Waals surface area contributed by atoms with E-state index in [2.05, 4.69) is 22.4 Å². The van der Waals surface area contributed by atoms with Crippen LogP contribution in [-0.2, 0) is 6.42 Å². The average Bonchev–Trinajstić information content (AvgIpc) is 2.99. The summed E-state index contributed by atoms with van der Waals surface area (Å²) in [7, 11) is 0. The largest absolute Gasteiger partial charge is 0.396 e. The van der Waals surface area contributed by atoms with Crippen LogP contribution in [0.15, 0.2) is 42.5 Å². The first-order valence-corrected chi connectivity index (χ1v) is 6.62. The summed E-state index contributed by atoms with van der Waals surface area (Å²) in [4.78, 5) is 0. The highest BCUT2D eigenvalue weighted by atomic mass is 19.1. The van der Waals surface area contributed by atoms with Crippen molar-refractivity contribution in [3.63, 3.8) is 0 Å². The quantitative estimate of drug-likeness (QED) is 0.750. The number of rotatable bonds is 3. The number of nitrogens with zero attached hydrogens (tertiary/aromatic N) is 4. The van der Waals surface area contributed by atoms with Gasteiger partial charge in [0.25, 0.3) is 0 Å². The van der Waals surface area contributed by atoms with Crippen molar-refractivity contribution in [2.45, 2.75) is 13.3 Å². The third kappa shape index (κ3) is 2.47. The molecule has 2 N–H and O–H groups in total. The van der Waals surface area contributed by atoms with Gasteiger partial charge < -0.3 is 5.73 Å². The van der Waals surface area contributed by atoms with Crippen LogP contribution < -0.4 is 5.73 Å². The van der Waals surface area contributed by atoms with Gasteiger partial charge in [-0.15, -0.1) is 5.10 Å². The molecule has 106 valence electrons. The van der Waals surface area contributed by atoms with Crippen molar-refractivity contribution in [3.05, 3.63) is 53.8 Å². The first-order chi connectivity index (χ1) is 10.2. The monoisotopic (exact) mass is 283 g/mol. The van der Waals surface area contributed by atoms with Crippen LogP contribution in [0, 0.1) is 5.82 Å². The Kier molecular flexibility index (Phi) is 3.35. The average molecular weight is 283 g/mol. The molecule has 0 spiro atoms. The highest BCUT2D eigenvalue weighted by Crippen LogP contribution is 2.23. The molecule has 3 rings (SSSR count). The maximum Gasteiger partial charge on any atom is 0.187 e. The number of hydrogen-bond acceptors (Lipinski definition) is 4. The van der Waals surface area contributed by atoms with Gasteiger partial charge >= 0.3 is 0 Å². The third-order valence-electron chi connectivity index (χ3n) is 3.31. The van der Waals surface area contributed by atoms with E-state index in [0.717, 1.165) is 12.1 Å². The van der Waals surface area contributed by atoms with E-state index in [4.69, 9.17) is 5.73 Å². The van der Waals surface area contributed by atoms with Crippen LogP contribution in [0.2, 0.25) is 0 Å². The number of nitrogen functional groups attached to an aromatic ring is 1. The molecular formula is C15H14FN5. The molecule has 3 aromatic rings. The van der Waals surface area contributed by atoms with Crippen LogP contribution in [0.4, 0.5) is 10.1 Å². The standard InChI is InChI=1S/C15H14FN5/c1-2-10-3-6-12(7-4-10)21-15(18-19-20-21)11-5-8-13(16)14(17)9-11/h3-9H,2,17H2,1H3. The highest BCUT2D eigenvalue weighted by molar-refractivity contribution is 5.62. The normalized spacial score (nSPS) is 10.8. The molecule has 2 aromatic carbocycles. The maximum absolute atomic E-state index is 13.3. The van der Waals surface area contributed by atoms with Crippen LogP contribution in [0.1, 0.15) is 12.5 Å². The molecule has 21 heavy (non-hydrogen) atoms. The van der Waals surface area contributed by atoms with E-state index in [9.17, 15) is 4.39 Å². The maximum atomic E-state index is 13.3. The first kappa shape index (κ1) is 13.2. The Labute approximate surface area is 121 Å². The number of nitrogens with two attached hydrogens (primary N) is 1. The third-order valence-corrected chi connectivity index (χ3v) is 3.31. The molecule has 0 aliphatic carbocycles. The minimum atomic E-state index is -0.454. The highest BCUT2D eigenvalue weighted by Gasteiger charge is 2.12. The Morgan fingerprint density at radius 3 is 2.57 bits per heavy atom. The molecule has 0 atom stereocenters. The Hall–Kier alpha value is -2.76. The second kappa shape index (κ2) is 5.32. The van der Waals surface area contributed by atoms with Crippen LogP contribution in [0.3, 0.4) is 0 Å². The lowest BCUT2D eigenvalue weighted by Crippen LogP contribution is -2.01. The van der Waals surface area contributed by atoms with Gasteiger partial charge in [0, 0.05) is 5.56 Å². The van der Waals surface area contributed by atoms with E-state index >= 15 is 0 Å². The fourth-order valence-electron chi connectivity index (χ4n) is 2.10. The van der Waals surface area contributed by atoms with Crippen molar-refractivity contribution in [1.82, 2.24) is 20.2 Å². The molecule has 0 radical (unpaired) electrons. The van der Waals surface area contributed by atoms with Crippen molar-refractivity contribution in [2.24, 2.45) is 0 Å². The lowest BCUT2D eigenvalue weighted by atomic mass is 10.1. The van der Waals surface area contributed by atoms with Gasteiger partial charge in [0.1, 0.15) is 5.82 Å². The number of anilines is 1. The molecule has 0 unspecified atom stereocenters. The van der Waals surface area contributed by atoms with E-state index in [-0.39, 0.29) is 5.69 Å². The van der Waals surface area contributed by atoms with Crippen molar-refractivity contribution >= 4 is 5.69 Å². The van der Waals surface area contributed by atoms with Crippen molar-refractivity contribution in [2.75, 3.05) is 5.73 Å². The molecule has 1 heterocycles. The van der Waals surface area contributed by atoms with Crippen LogP contribution in [0.25, 0.3) is 17.1 Å². The predicted octanol–water partition coefficient (Wildman–Crippen LogP) is 2.61. The zero-order valence-electron chi connectivity index (χ0n) is 11.5. The number of tetrazole rings is 1. The van der Waals surface area contributed by atoms with Gasteiger partial charge in [-0.3, -0.25) is 0 Å². The predicted molar refractivity (Wildman–Crippen MR) is 78.3 cm³/mol. The fourth-order valence-corrected chi connectivity index (χ4v) is 2.10. The molecule has 0 aliphatic rings. The van der Waals surface area contributed by atoms with Crippen LogP contribution >= 0.6 is 0 Å². The van der Waals surface area contributed by atoms with Gasteiger partial charge in [-0.2, -0.15) is 4.68 Å².